The average Bonchev–Trinajstić information content (AvgIpc) is 2.81. The van der Waals surface area contributed by atoms with E-state index in [-0.39, 0.29) is 5.69 Å². The summed E-state index contributed by atoms with van der Waals surface area (Å²) in [6, 6.07) is 3.48. The second-order valence-electron chi connectivity index (χ2n) is 4.35. The number of anilines is 1. The van der Waals surface area contributed by atoms with E-state index in [0.29, 0.717) is 23.0 Å². The highest BCUT2D eigenvalue weighted by Crippen LogP contribution is 2.30. The van der Waals surface area contributed by atoms with Gasteiger partial charge in [-0.15, -0.1) is 5.10 Å². The molecule has 0 unspecified atom stereocenters. The van der Waals surface area contributed by atoms with Crippen LogP contribution in [0.2, 0.25) is 0 Å². The number of carbonyl (C=O) groups excluding carboxylic acids is 1. The summed E-state index contributed by atoms with van der Waals surface area (Å²) in [5.74, 6) is -0.493. The minimum atomic E-state index is -0.493. The number of aryl methyl sites for hydroxylation is 1. The summed E-state index contributed by atoms with van der Waals surface area (Å²) in [4.78, 5) is 24.0. The van der Waals surface area contributed by atoms with Crippen LogP contribution in [0.15, 0.2) is 27.0 Å². The Morgan fingerprint density at radius 1 is 1.52 bits per heavy atom. The number of methoxy groups -OCH3 is 1. The van der Waals surface area contributed by atoms with E-state index in [9.17, 15) is 9.59 Å². The fourth-order valence-electron chi connectivity index (χ4n) is 1.87. The van der Waals surface area contributed by atoms with Crippen molar-refractivity contribution in [3.63, 3.8) is 0 Å². The zero-order chi connectivity index (χ0) is 15.6. The zero-order valence-electron chi connectivity index (χ0n) is 12.0. The van der Waals surface area contributed by atoms with Gasteiger partial charge in [0.25, 0.3) is 0 Å². The Labute approximate surface area is 125 Å². The van der Waals surface area contributed by atoms with Crippen molar-refractivity contribution in [2.24, 2.45) is 0 Å². The summed E-state index contributed by atoms with van der Waals surface area (Å²) < 4.78 is 6.23. The van der Waals surface area contributed by atoms with Crippen molar-refractivity contribution in [1.82, 2.24) is 14.8 Å². The lowest BCUT2D eigenvalue weighted by molar-refractivity contribution is 0.0601. The number of nitrogens with one attached hydrogen (secondary N) is 1. The molecule has 21 heavy (non-hydrogen) atoms. The van der Waals surface area contributed by atoms with Crippen molar-refractivity contribution in [1.29, 1.82) is 0 Å². The van der Waals surface area contributed by atoms with Gasteiger partial charge in [-0.05, 0) is 43.3 Å². The highest BCUT2D eigenvalue weighted by atomic mass is 32.2. The van der Waals surface area contributed by atoms with Gasteiger partial charge in [-0.3, -0.25) is 4.57 Å². The number of carbonyl (C=O) groups is 1. The third-order valence-electron chi connectivity index (χ3n) is 3.01. The number of rotatable bonds is 4. The number of hydrogen-bond acceptors (Lipinski definition) is 6. The Bertz CT molecular complexity index is 736. The second-order valence-corrected chi connectivity index (χ2v) is 5.39. The summed E-state index contributed by atoms with van der Waals surface area (Å²) in [6.07, 6.45) is 0. The Kier molecular flexibility index (Phi) is 4.37. The molecule has 0 spiro atoms. The maximum absolute atomic E-state index is 11.7. The molecule has 0 aliphatic heterocycles. The third-order valence-corrected chi connectivity index (χ3v) is 3.98. The molecule has 0 saturated carbocycles. The molecular weight excluding hydrogens is 292 g/mol. The van der Waals surface area contributed by atoms with Crippen molar-refractivity contribution in [3.05, 3.63) is 33.7 Å². The summed E-state index contributed by atoms with van der Waals surface area (Å²) in [6.45, 7) is 4.17. The number of nitrogens with zero attached hydrogens (tertiary/aromatic N) is 2. The van der Waals surface area contributed by atoms with Gasteiger partial charge in [0.05, 0.1) is 12.7 Å². The monoisotopic (exact) mass is 308 g/mol. The molecule has 2 rings (SSSR count). The van der Waals surface area contributed by atoms with E-state index in [2.05, 4.69) is 10.2 Å². The fraction of sp³-hybridized carbons (Fsp3) is 0.308. The number of benzene rings is 1. The van der Waals surface area contributed by atoms with Crippen LogP contribution in [-0.2, 0) is 11.3 Å². The first kappa shape index (κ1) is 15.2. The lowest BCUT2D eigenvalue weighted by atomic mass is 10.1. The van der Waals surface area contributed by atoms with Gasteiger partial charge in [-0.2, -0.15) is 0 Å². The van der Waals surface area contributed by atoms with Gasteiger partial charge in [0.1, 0.15) is 0 Å². The highest BCUT2D eigenvalue weighted by Gasteiger charge is 2.16. The van der Waals surface area contributed by atoms with E-state index in [0.717, 1.165) is 10.5 Å². The number of ether oxygens (including phenoxy) is 1. The van der Waals surface area contributed by atoms with E-state index >= 15 is 0 Å². The molecule has 0 amide bonds. The minimum Gasteiger partial charge on any atom is -0.465 e. The number of nitrogens with two attached hydrogens (primary N) is 1. The third kappa shape index (κ3) is 2.94. The van der Waals surface area contributed by atoms with Crippen LogP contribution in [0, 0.1) is 6.92 Å². The fourth-order valence-corrected chi connectivity index (χ4v) is 2.91. The van der Waals surface area contributed by atoms with E-state index in [1.165, 1.54) is 23.4 Å². The molecule has 0 bridgehead atoms. The van der Waals surface area contributed by atoms with Crippen LogP contribution >= 0.6 is 11.8 Å². The summed E-state index contributed by atoms with van der Waals surface area (Å²) in [7, 11) is 1.30. The molecule has 0 atom stereocenters. The Morgan fingerprint density at radius 2 is 2.24 bits per heavy atom. The molecule has 0 saturated heterocycles. The molecule has 2 aromatic rings. The molecule has 8 heteroatoms. The SMILES string of the molecule is CCn1c(Sc2cc(C)c(N)c(C(=O)OC)c2)n[nH]c1=O. The van der Waals surface area contributed by atoms with Gasteiger partial charge in [0.2, 0.25) is 0 Å². The van der Waals surface area contributed by atoms with E-state index in [1.54, 1.807) is 6.07 Å². The van der Waals surface area contributed by atoms with Crippen molar-refractivity contribution in [3.8, 4) is 0 Å². The Hall–Kier alpha value is -2.22. The molecule has 1 aromatic carbocycles. The molecule has 0 aliphatic carbocycles. The van der Waals surface area contributed by atoms with Crippen LogP contribution in [0.5, 0.6) is 0 Å². The molecule has 0 fully saturated rings. The van der Waals surface area contributed by atoms with Crippen LogP contribution in [0.25, 0.3) is 0 Å². The number of hydrogen-bond donors (Lipinski definition) is 2. The number of esters is 1. The van der Waals surface area contributed by atoms with Crippen LogP contribution in [0.3, 0.4) is 0 Å². The standard InChI is InChI=1S/C13H16N4O3S/c1-4-17-12(19)15-16-13(17)21-8-5-7(2)10(14)9(6-8)11(18)20-3/h5-6H,4,14H2,1-3H3,(H,15,19). The van der Waals surface area contributed by atoms with E-state index < -0.39 is 5.97 Å². The van der Waals surface area contributed by atoms with Gasteiger partial charge in [-0.1, -0.05) is 0 Å². The van der Waals surface area contributed by atoms with Crippen molar-refractivity contribution in [2.75, 3.05) is 12.8 Å². The second kappa shape index (κ2) is 6.04. The molecular formula is C13H16N4O3S. The molecule has 112 valence electrons. The van der Waals surface area contributed by atoms with Crippen molar-refractivity contribution >= 4 is 23.4 Å². The first-order valence-electron chi connectivity index (χ1n) is 6.29. The minimum absolute atomic E-state index is 0.264. The van der Waals surface area contributed by atoms with E-state index in [1.807, 2.05) is 19.9 Å². The van der Waals surface area contributed by atoms with Gasteiger partial charge < -0.3 is 10.5 Å². The molecule has 1 aromatic heterocycles. The maximum Gasteiger partial charge on any atom is 0.343 e. The van der Waals surface area contributed by atoms with Crippen LogP contribution < -0.4 is 11.4 Å². The lowest BCUT2D eigenvalue weighted by Crippen LogP contribution is -2.16. The van der Waals surface area contributed by atoms with Crippen molar-refractivity contribution in [2.45, 2.75) is 30.4 Å². The molecule has 1 heterocycles. The van der Waals surface area contributed by atoms with Gasteiger partial charge in [0, 0.05) is 17.1 Å². The van der Waals surface area contributed by atoms with Crippen LogP contribution in [0.1, 0.15) is 22.8 Å². The smallest absolute Gasteiger partial charge is 0.343 e. The summed E-state index contributed by atoms with van der Waals surface area (Å²) in [5, 5.41) is 6.90. The predicted octanol–water partition coefficient (Wildman–Crippen LogP) is 1.42. The zero-order valence-corrected chi connectivity index (χ0v) is 12.8. The largest absolute Gasteiger partial charge is 0.465 e. The molecule has 7 nitrogen and oxygen atoms in total. The summed E-state index contributed by atoms with van der Waals surface area (Å²) >= 11 is 1.28. The quantitative estimate of drug-likeness (QED) is 0.654. The first-order chi connectivity index (χ1) is 9.97. The number of aromatic nitrogens is 3. The Balaban J connectivity index is 2.43. The molecule has 3 N–H and O–H groups in total. The molecule has 0 radical (unpaired) electrons. The van der Waals surface area contributed by atoms with Gasteiger partial charge in [-0.25, -0.2) is 14.7 Å². The van der Waals surface area contributed by atoms with Gasteiger partial charge >= 0.3 is 11.7 Å². The van der Waals surface area contributed by atoms with Crippen LogP contribution in [0.4, 0.5) is 5.69 Å². The topological polar surface area (TPSA) is 103 Å². The average molecular weight is 308 g/mol. The number of nitrogen functional groups attached to an aromatic ring is 1. The van der Waals surface area contributed by atoms with Crippen LogP contribution in [-0.4, -0.2) is 27.8 Å². The first-order valence-corrected chi connectivity index (χ1v) is 7.11. The normalized spacial score (nSPS) is 10.6. The van der Waals surface area contributed by atoms with E-state index in [4.69, 9.17) is 10.5 Å². The maximum atomic E-state index is 11.7. The number of aromatic amines is 1. The predicted molar refractivity (Wildman–Crippen MR) is 79.6 cm³/mol. The Morgan fingerprint density at radius 3 is 2.86 bits per heavy atom. The highest BCUT2D eigenvalue weighted by molar-refractivity contribution is 7.99. The van der Waals surface area contributed by atoms with Gasteiger partial charge in [0.15, 0.2) is 5.16 Å². The molecule has 0 aliphatic rings. The number of H-pyrrole nitrogens is 1. The lowest BCUT2D eigenvalue weighted by Gasteiger charge is -2.10. The summed E-state index contributed by atoms with van der Waals surface area (Å²) in [5.41, 5.74) is 7.09. The van der Waals surface area contributed by atoms with Crippen molar-refractivity contribution < 1.29 is 9.53 Å².